The lowest BCUT2D eigenvalue weighted by molar-refractivity contribution is 0.304. The molecule has 4 nitrogen and oxygen atoms in total. The van der Waals surface area contributed by atoms with Gasteiger partial charge in [0.05, 0.1) is 12.8 Å². The fraction of sp³-hybridized carbons (Fsp3) is 0.471. The van der Waals surface area contributed by atoms with Crippen molar-refractivity contribution in [1.29, 1.82) is 0 Å². The Bertz CT molecular complexity index is 550. The summed E-state index contributed by atoms with van der Waals surface area (Å²) in [5.74, 6) is 1.66. The highest BCUT2D eigenvalue weighted by molar-refractivity contribution is 7.09. The van der Waals surface area contributed by atoms with E-state index in [2.05, 4.69) is 29.5 Å². The minimum absolute atomic E-state index is 0.502. The van der Waals surface area contributed by atoms with Gasteiger partial charge in [-0.3, -0.25) is 0 Å². The SMILES string of the molecule is CCC(CC)NCc1csc(COc2ccc(OC)cc2)n1. The molecule has 0 spiro atoms. The van der Waals surface area contributed by atoms with Crippen LogP contribution in [0.1, 0.15) is 37.4 Å². The molecule has 0 aliphatic carbocycles. The van der Waals surface area contributed by atoms with Crippen molar-refractivity contribution in [3.05, 3.63) is 40.3 Å². The van der Waals surface area contributed by atoms with Crippen molar-refractivity contribution in [2.24, 2.45) is 0 Å². The molecule has 0 atom stereocenters. The summed E-state index contributed by atoms with van der Waals surface area (Å²) in [6.07, 6.45) is 2.29. The molecule has 0 radical (unpaired) electrons. The average molecular weight is 320 g/mol. The lowest BCUT2D eigenvalue weighted by Crippen LogP contribution is -2.27. The van der Waals surface area contributed by atoms with Crippen LogP contribution in [0.15, 0.2) is 29.6 Å². The van der Waals surface area contributed by atoms with E-state index < -0.39 is 0 Å². The molecule has 0 aliphatic rings. The Kier molecular flexibility index (Phi) is 6.68. The zero-order chi connectivity index (χ0) is 15.8. The van der Waals surface area contributed by atoms with Gasteiger partial charge in [0.2, 0.25) is 0 Å². The van der Waals surface area contributed by atoms with Gasteiger partial charge in [-0.2, -0.15) is 0 Å². The van der Waals surface area contributed by atoms with E-state index in [0.29, 0.717) is 12.6 Å². The average Bonchev–Trinajstić information content (AvgIpc) is 3.02. The summed E-state index contributed by atoms with van der Waals surface area (Å²) in [5.41, 5.74) is 1.09. The largest absolute Gasteiger partial charge is 0.497 e. The molecule has 2 rings (SSSR count). The summed E-state index contributed by atoms with van der Waals surface area (Å²) in [7, 11) is 1.66. The van der Waals surface area contributed by atoms with Crippen molar-refractivity contribution in [1.82, 2.24) is 10.3 Å². The third-order valence-corrected chi connectivity index (χ3v) is 4.45. The number of hydrogen-bond acceptors (Lipinski definition) is 5. The molecule has 1 heterocycles. The second kappa shape index (κ2) is 8.76. The Labute approximate surface area is 136 Å². The third-order valence-electron chi connectivity index (χ3n) is 3.58. The Morgan fingerprint density at radius 3 is 2.45 bits per heavy atom. The molecule has 0 saturated heterocycles. The molecular weight excluding hydrogens is 296 g/mol. The third kappa shape index (κ3) is 5.00. The molecule has 1 aromatic heterocycles. The van der Waals surface area contributed by atoms with Gasteiger partial charge in [-0.05, 0) is 37.1 Å². The first-order valence-corrected chi connectivity index (χ1v) is 8.56. The number of nitrogens with zero attached hydrogens (tertiary/aromatic N) is 1. The summed E-state index contributed by atoms with van der Waals surface area (Å²) >= 11 is 1.64. The number of rotatable bonds is 9. The van der Waals surface area contributed by atoms with Crippen molar-refractivity contribution in [2.75, 3.05) is 7.11 Å². The van der Waals surface area contributed by atoms with E-state index in [-0.39, 0.29) is 0 Å². The standard InChI is InChI=1S/C17H24N2O2S/c1-4-13(5-2)18-10-14-12-22-17(19-14)11-21-16-8-6-15(20-3)7-9-16/h6-9,12-13,18H,4-5,10-11H2,1-3H3. The molecule has 0 amide bonds. The molecule has 0 unspecified atom stereocenters. The topological polar surface area (TPSA) is 43.4 Å². The summed E-state index contributed by atoms with van der Waals surface area (Å²) in [5, 5.41) is 6.62. The summed E-state index contributed by atoms with van der Waals surface area (Å²) in [6.45, 7) is 5.74. The molecule has 5 heteroatoms. The maximum absolute atomic E-state index is 5.74. The zero-order valence-electron chi connectivity index (χ0n) is 13.5. The van der Waals surface area contributed by atoms with Gasteiger partial charge in [0, 0.05) is 18.0 Å². The number of methoxy groups -OCH3 is 1. The van der Waals surface area contributed by atoms with E-state index in [1.165, 1.54) is 0 Å². The molecule has 120 valence electrons. The van der Waals surface area contributed by atoms with E-state index in [0.717, 1.165) is 41.6 Å². The van der Waals surface area contributed by atoms with Crippen molar-refractivity contribution in [2.45, 2.75) is 45.9 Å². The highest BCUT2D eigenvalue weighted by Gasteiger charge is 2.06. The van der Waals surface area contributed by atoms with Crippen molar-refractivity contribution in [3.63, 3.8) is 0 Å². The van der Waals surface area contributed by atoms with Gasteiger partial charge >= 0.3 is 0 Å². The van der Waals surface area contributed by atoms with Crippen LogP contribution in [0.25, 0.3) is 0 Å². The predicted molar refractivity (Wildman–Crippen MR) is 90.6 cm³/mol. The van der Waals surface area contributed by atoms with Crippen LogP contribution in [-0.2, 0) is 13.2 Å². The summed E-state index contributed by atoms with van der Waals surface area (Å²) < 4.78 is 10.9. The van der Waals surface area contributed by atoms with E-state index in [1.807, 2.05) is 24.3 Å². The van der Waals surface area contributed by atoms with E-state index in [4.69, 9.17) is 9.47 Å². The Morgan fingerprint density at radius 1 is 1.14 bits per heavy atom. The van der Waals surface area contributed by atoms with Gasteiger partial charge in [-0.15, -0.1) is 11.3 Å². The van der Waals surface area contributed by atoms with E-state index in [9.17, 15) is 0 Å². The van der Waals surface area contributed by atoms with Crippen molar-refractivity contribution >= 4 is 11.3 Å². The number of thiazole rings is 1. The highest BCUT2D eigenvalue weighted by atomic mass is 32.1. The Balaban J connectivity index is 1.81. The second-order valence-electron chi connectivity index (χ2n) is 5.09. The van der Waals surface area contributed by atoms with Crippen LogP contribution in [0.5, 0.6) is 11.5 Å². The summed E-state index contributed by atoms with van der Waals surface area (Å²) in [4.78, 5) is 4.61. The fourth-order valence-electron chi connectivity index (χ4n) is 2.14. The van der Waals surface area contributed by atoms with Gasteiger partial charge in [-0.25, -0.2) is 4.98 Å². The van der Waals surface area contributed by atoms with Crippen molar-refractivity contribution < 1.29 is 9.47 Å². The van der Waals surface area contributed by atoms with Crippen LogP contribution in [-0.4, -0.2) is 18.1 Å². The number of nitrogens with one attached hydrogen (secondary N) is 1. The quantitative estimate of drug-likeness (QED) is 0.758. The monoisotopic (exact) mass is 320 g/mol. The van der Waals surface area contributed by atoms with Crippen LogP contribution in [0.4, 0.5) is 0 Å². The molecule has 0 saturated carbocycles. The first-order chi connectivity index (χ1) is 10.7. The molecule has 0 aliphatic heterocycles. The van der Waals surface area contributed by atoms with Crippen LogP contribution in [0.3, 0.4) is 0 Å². The van der Waals surface area contributed by atoms with E-state index >= 15 is 0 Å². The molecule has 0 fully saturated rings. The Morgan fingerprint density at radius 2 is 1.82 bits per heavy atom. The van der Waals surface area contributed by atoms with Gasteiger partial charge in [0.15, 0.2) is 0 Å². The second-order valence-corrected chi connectivity index (χ2v) is 6.03. The highest BCUT2D eigenvalue weighted by Crippen LogP contribution is 2.19. The minimum Gasteiger partial charge on any atom is -0.497 e. The number of benzene rings is 1. The lowest BCUT2D eigenvalue weighted by Gasteiger charge is -2.13. The molecule has 2 aromatic rings. The first kappa shape index (κ1) is 16.8. The number of hydrogen-bond donors (Lipinski definition) is 1. The molecule has 1 aromatic carbocycles. The lowest BCUT2D eigenvalue weighted by atomic mass is 10.2. The van der Waals surface area contributed by atoms with Crippen LogP contribution >= 0.6 is 11.3 Å². The predicted octanol–water partition coefficient (Wildman–Crippen LogP) is 4.01. The minimum atomic E-state index is 0.502. The molecule has 0 bridgehead atoms. The van der Waals surface area contributed by atoms with E-state index in [1.54, 1.807) is 18.4 Å². The maximum atomic E-state index is 5.74. The van der Waals surface area contributed by atoms with Gasteiger partial charge in [0.1, 0.15) is 23.1 Å². The maximum Gasteiger partial charge on any atom is 0.140 e. The molecule has 1 N–H and O–H groups in total. The number of aromatic nitrogens is 1. The Hall–Kier alpha value is -1.59. The van der Waals surface area contributed by atoms with Crippen LogP contribution in [0, 0.1) is 0 Å². The van der Waals surface area contributed by atoms with Gasteiger partial charge in [0.25, 0.3) is 0 Å². The number of ether oxygens (including phenoxy) is 2. The van der Waals surface area contributed by atoms with Crippen LogP contribution in [0.2, 0.25) is 0 Å². The first-order valence-electron chi connectivity index (χ1n) is 7.68. The fourth-order valence-corrected chi connectivity index (χ4v) is 2.84. The summed E-state index contributed by atoms with van der Waals surface area (Å²) in [6, 6.07) is 8.16. The smallest absolute Gasteiger partial charge is 0.140 e. The molecule has 22 heavy (non-hydrogen) atoms. The van der Waals surface area contributed by atoms with Gasteiger partial charge < -0.3 is 14.8 Å². The van der Waals surface area contributed by atoms with Crippen molar-refractivity contribution in [3.8, 4) is 11.5 Å². The molecular formula is C17H24N2O2S. The van der Waals surface area contributed by atoms with Crippen LogP contribution < -0.4 is 14.8 Å². The van der Waals surface area contributed by atoms with Gasteiger partial charge in [-0.1, -0.05) is 13.8 Å². The normalized spacial score (nSPS) is 10.9. The zero-order valence-corrected chi connectivity index (χ0v) is 14.3.